The predicted molar refractivity (Wildman–Crippen MR) is 452 cm³/mol. The van der Waals surface area contributed by atoms with Crippen molar-refractivity contribution in [3.05, 3.63) is 248 Å². The summed E-state index contributed by atoms with van der Waals surface area (Å²) in [5.74, 6) is 1.22. The van der Waals surface area contributed by atoms with Gasteiger partial charge in [-0.15, -0.1) is 0 Å². The number of para-hydroxylation sites is 4. The first-order valence-electron chi connectivity index (χ1n) is 40.7. The van der Waals surface area contributed by atoms with E-state index in [9.17, 15) is 10.5 Å². The molecule has 598 valence electrons. The number of carbonyl (C=O) groups is 2. The van der Waals surface area contributed by atoms with Gasteiger partial charge in [0.05, 0.1) is 35.3 Å². The highest BCUT2D eigenvalue weighted by Gasteiger charge is 2.47. The first kappa shape index (κ1) is 84.9. The van der Waals surface area contributed by atoms with Gasteiger partial charge < -0.3 is 29.8 Å². The molecular weight excluding hydrogens is 1440 g/mol. The zero-order chi connectivity index (χ0) is 80.2. The molecule has 16 nitrogen and oxygen atoms in total. The van der Waals surface area contributed by atoms with E-state index in [0.29, 0.717) is 37.2 Å². The van der Waals surface area contributed by atoms with Gasteiger partial charge in [0.1, 0.15) is 24.3 Å². The second-order valence-corrected chi connectivity index (χ2v) is 36.1. The summed E-state index contributed by atoms with van der Waals surface area (Å²) in [7, 11) is 0. The molecule has 2 amide bonds. The van der Waals surface area contributed by atoms with Crippen molar-refractivity contribution in [3.63, 3.8) is 0 Å². The number of rotatable bonds is 34. The van der Waals surface area contributed by atoms with E-state index in [-0.39, 0.29) is 34.7 Å². The summed E-state index contributed by atoms with van der Waals surface area (Å²) in [6.45, 7) is 38.2. The van der Waals surface area contributed by atoms with Gasteiger partial charge in [-0.1, -0.05) is 176 Å². The van der Waals surface area contributed by atoms with E-state index in [1.54, 1.807) is 0 Å². The minimum Gasteiger partial charge on any atom is -0.691 e. The van der Waals surface area contributed by atoms with Crippen LogP contribution in [0.3, 0.4) is 0 Å². The highest BCUT2D eigenvalue weighted by molar-refractivity contribution is 7.94. The van der Waals surface area contributed by atoms with E-state index in [1.165, 1.54) is 45.1 Å². The molecular formula is C94H120N6O10S2. The second kappa shape index (κ2) is 37.1. The quantitative estimate of drug-likeness (QED) is 0.0126. The van der Waals surface area contributed by atoms with Crippen LogP contribution in [-0.2, 0) is 63.0 Å². The Kier molecular flexibility index (Phi) is 28.1. The Balaban J connectivity index is 1.02. The number of benzene rings is 5. The highest BCUT2D eigenvalue weighted by Crippen LogP contribution is 2.51. The van der Waals surface area contributed by atoms with Crippen LogP contribution in [-0.4, -0.2) is 91.4 Å². The van der Waals surface area contributed by atoms with Crippen LogP contribution >= 0.6 is 24.1 Å². The lowest BCUT2D eigenvalue weighted by Crippen LogP contribution is -2.36. The van der Waals surface area contributed by atoms with Crippen LogP contribution in [0.2, 0.25) is 0 Å². The molecule has 0 aromatic heterocycles. The Hall–Kier alpha value is -8.04. The first-order valence-corrected chi connectivity index (χ1v) is 42.5. The number of hydrogen-bond donors (Lipinski definition) is 0. The molecule has 112 heavy (non-hydrogen) atoms. The van der Waals surface area contributed by atoms with Crippen molar-refractivity contribution in [3.8, 4) is 0 Å². The molecule has 11 rings (SSSR count). The van der Waals surface area contributed by atoms with Gasteiger partial charge in [-0.05, 0) is 202 Å². The van der Waals surface area contributed by atoms with Gasteiger partial charge in [0.2, 0.25) is 11.4 Å². The number of allylic oxidation sites excluding steroid dienone is 14. The Morgan fingerprint density at radius 2 is 0.821 bits per heavy atom. The summed E-state index contributed by atoms with van der Waals surface area (Å²) >= 11 is 2.04. The summed E-state index contributed by atoms with van der Waals surface area (Å²) in [6, 6.07) is 43.3. The number of amides is 2. The summed E-state index contributed by atoms with van der Waals surface area (Å²) in [6.07, 6.45) is 30.1. The van der Waals surface area contributed by atoms with E-state index < -0.39 is 23.4 Å². The highest BCUT2D eigenvalue weighted by atomic mass is 32.2. The molecule has 5 aromatic rings. The van der Waals surface area contributed by atoms with Crippen LogP contribution in [0.5, 0.6) is 0 Å². The average Bonchev–Trinajstić information content (AvgIpc) is 1.61. The topological polar surface area (TPSA) is 155 Å². The van der Waals surface area contributed by atoms with Crippen LogP contribution < -0.4 is 20.3 Å². The summed E-state index contributed by atoms with van der Waals surface area (Å²) < 4.78 is 27.3. The fourth-order valence-electron chi connectivity index (χ4n) is 17.2. The number of nitrogens with zero attached hydrogens (tertiary/aromatic N) is 6. The molecule has 0 fully saturated rings. The van der Waals surface area contributed by atoms with Crippen LogP contribution in [0.15, 0.2) is 215 Å². The lowest BCUT2D eigenvalue weighted by molar-refractivity contribution is -0.777. The fraction of sp³-hybridized carbons (Fsp3) is 0.468. The number of ether oxygens (including phenoxy) is 2. The van der Waals surface area contributed by atoms with Gasteiger partial charge in [-0.3, -0.25) is 19.9 Å². The minimum absolute atomic E-state index is 0.196. The standard InChI is InChI=1S/C94H120N6O10S2/c1-17-19-29-59-95-77-39-25-21-35-73(77)91(9,10)81(95)55-51-69-47-49-71(53-57-83-93(13,14)75-37-23-27-41-79(75)97(83)61-31-33-63-111-109-107-103)85(69)99(87(101)105-89(3,4)5)65-67-43-45-68(46-44-67)66-100(88(102)106-90(6,7)8)86-70(52-56-82-92(11,12)74-36-22-26-40-78(74)96(82)60-30-20-18-2)48-50-72(86)54-58-84-94(15,16)76-38-24-28-42-80(76)98(84)62-32-34-64-112-110-108-104/h21-28,35-46,51-58H,17-20,29-34,47-50,59-66H2,1-16H3. The molecule has 4 aliphatic heterocycles. The second-order valence-electron chi connectivity index (χ2n) is 34.5. The van der Waals surface area contributed by atoms with Gasteiger partial charge in [0.15, 0.2) is 11.4 Å². The maximum atomic E-state index is 15.6. The molecule has 0 bridgehead atoms. The molecule has 5 aromatic carbocycles. The van der Waals surface area contributed by atoms with Crippen molar-refractivity contribution >= 4 is 70.4 Å². The normalized spacial score (nSPS) is 19.0. The summed E-state index contributed by atoms with van der Waals surface area (Å²) in [4.78, 5) is 39.9. The summed E-state index contributed by atoms with van der Waals surface area (Å²) in [5, 5.41) is 28.6. The Morgan fingerprint density at radius 3 is 1.19 bits per heavy atom. The van der Waals surface area contributed by atoms with Crippen LogP contribution in [0, 0.1) is 0 Å². The molecule has 0 spiro atoms. The zero-order valence-corrected chi connectivity index (χ0v) is 70.9. The number of anilines is 2. The van der Waals surface area contributed by atoms with Crippen LogP contribution in [0.4, 0.5) is 32.3 Å². The molecule has 4 heterocycles. The Morgan fingerprint density at radius 1 is 0.455 bits per heavy atom. The maximum Gasteiger partial charge on any atom is 0.415 e. The number of hydrogen-bond acceptors (Lipinski definition) is 14. The molecule has 0 N–H and O–H groups in total. The lowest BCUT2D eigenvalue weighted by Gasteiger charge is -2.31. The fourth-order valence-corrected chi connectivity index (χ4v) is 18.1. The van der Waals surface area contributed by atoms with E-state index in [1.807, 2.05) is 51.3 Å². The smallest absolute Gasteiger partial charge is 0.415 e. The molecule has 0 saturated carbocycles. The number of carbonyl (C=O) groups excluding carboxylic acids is 2. The van der Waals surface area contributed by atoms with Crippen molar-refractivity contribution in [1.29, 1.82) is 0 Å². The van der Waals surface area contributed by atoms with E-state index in [2.05, 4.69) is 277 Å². The third-order valence-electron chi connectivity index (χ3n) is 22.8. The van der Waals surface area contributed by atoms with E-state index in [4.69, 9.17) is 9.47 Å². The average molecular weight is 1560 g/mol. The van der Waals surface area contributed by atoms with E-state index >= 15 is 9.59 Å². The number of fused-ring (bicyclic) bond motifs is 4. The minimum atomic E-state index is -0.826. The molecule has 6 aliphatic rings. The number of unbranched alkanes of at least 4 members (excludes halogenated alkanes) is 6. The van der Waals surface area contributed by atoms with Crippen LogP contribution in [0.25, 0.3) is 0 Å². The molecule has 0 radical (unpaired) electrons. The largest absolute Gasteiger partial charge is 0.691 e. The van der Waals surface area contributed by atoms with Gasteiger partial charge in [-0.2, -0.15) is 17.8 Å². The molecule has 18 heteroatoms. The van der Waals surface area contributed by atoms with Crippen molar-refractivity contribution in [2.75, 3.05) is 47.5 Å². The van der Waals surface area contributed by atoms with Gasteiger partial charge in [-0.25, -0.2) is 9.59 Å². The molecule has 0 atom stereocenters. The monoisotopic (exact) mass is 1560 g/mol. The van der Waals surface area contributed by atoms with Crippen molar-refractivity contribution in [2.24, 2.45) is 0 Å². The third kappa shape index (κ3) is 19.3. The SMILES string of the molecule is CCCCC[N+]1=C(/C=C/C2=C(N(Cc3ccc(CN(C(=O)OC(C)(C)C)C4=C(/C=C/C5=[N+](CCCCC)c6ccccc6C5(C)C)CC/C4=C\C=C4\N(CCCCSOO[O-])c5ccccc5C4(C)C)cc3)C(=O)OC(C)(C)C)C(=C/C=C3/N(CCCCSOO[O-])c4ccccc4C3(C)C)/CC2)C(C)(C)c2ccccc21. The zero-order valence-electron chi connectivity index (χ0n) is 69.3. The van der Waals surface area contributed by atoms with Crippen molar-refractivity contribution in [1.82, 2.24) is 9.80 Å². The molecule has 0 saturated heterocycles. The van der Waals surface area contributed by atoms with Gasteiger partial charge in [0, 0.05) is 131 Å². The van der Waals surface area contributed by atoms with Crippen molar-refractivity contribution < 1.29 is 57.5 Å². The maximum absolute atomic E-state index is 15.6. The van der Waals surface area contributed by atoms with E-state index in [0.717, 1.165) is 182 Å². The van der Waals surface area contributed by atoms with Crippen molar-refractivity contribution in [2.45, 2.75) is 247 Å². The molecule has 0 unspecified atom stereocenters. The predicted octanol–water partition coefficient (Wildman–Crippen LogP) is 21.4. The summed E-state index contributed by atoms with van der Waals surface area (Å²) in [5.41, 5.74) is 19.3. The van der Waals surface area contributed by atoms with Gasteiger partial charge >= 0.3 is 12.2 Å². The third-order valence-corrected chi connectivity index (χ3v) is 24.0. The molecule has 2 aliphatic carbocycles. The van der Waals surface area contributed by atoms with Crippen LogP contribution in [0.1, 0.15) is 234 Å². The van der Waals surface area contributed by atoms with Gasteiger partial charge in [0.25, 0.3) is 0 Å². The Labute approximate surface area is 676 Å². The first-order chi connectivity index (χ1) is 53.5. The Bertz CT molecular complexity index is 4250. The lowest BCUT2D eigenvalue weighted by atomic mass is 9.81.